The Morgan fingerprint density at radius 3 is 2.45 bits per heavy atom. The van der Waals surface area contributed by atoms with E-state index in [1.807, 2.05) is 27.7 Å². The van der Waals surface area contributed by atoms with Crippen LogP contribution in [0.3, 0.4) is 0 Å². The molecule has 0 bridgehead atoms. The van der Waals surface area contributed by atoms with Crippen molar-refractivity contribution in [3.63, 3.8) is 0 Å². The van der Waals surface area contributed by atoms with E-state index in [0.29, 0.717) is 0 Å². The summed E-state index contributed by atoms with van der Waals surface area (Å²) < 4.78 is 36.4. The Bertz CT molecular complexity index is 610. The SMILES string of the molecule is CCCC(C)C(C)(C)C(=O)Oc1cccc(S(=O)(=O)O)c1.[NaH]. The third-order valence-electron chi connectivity index (χ3n) is 3.79. The van der Waals surface area contributed by atoms with Crippen molar-refractivity contribution in [1.82, 2.24) is 0 Å². The van der Waals surface area contributed by atoms with Crippen molar-refractivity contribution in [2.45, 2.75) is 45.4 Å². The molecule has 0 aromatic heterocycles. The Labute approximate surface area is 154 Å². The zero-order valence-corrected chi connectivity index (χ0v) is 13.6. The molecular formula is C15H23NaO5S. The van der Waals surface area contributed by atoms with E-state index in [0.717, 1.165) is 18.9 Å². The molecule has 1 unspecified atom stereocenters. The van der Waals surface area contributed by atoms with Gasteiger partial charge in [-0.3, -0.25) is 9.35 Å². The molecule has 0 aliphatic carbocycles. The van der Waals surface area contributed by atoms with E-state index in [1.54, 1.807) is 0 Å². The minimum absolute atomic E-state index is 0. The van der Waals surface area contributed by atoms with E-state index in [2.05, 4.69) is 0 Å². The van der Waals surface area contributed by atoms with Gasteiger partial charge < -0.3 is 4.74 Å². The summed E-state index contributed by atoms with van der Waals surface area (Å²) in [6.07, 6.45) is 1.86. The summed E-state index contributed by atoms with van der Waals surface area (Å²) in [5.41, 5.74) is -0.676. The molecule has 0 fully saturated rings. The molecule has 22 heavy (non-hydrogen) atoms. The van der Waals surface area contributed by atoms with Gasteiger partial charge in [-0.05, 0) is 38.3 Å². The van der Waals surface area contributed by atoms with Crippen LogP contribution in [0.25, 0.3) is 0 Å². The van der Waals surface area contributed by atoms with Crippen LogP contribution in [0.4, 0.5) is 0 Å². The number of rotatable bonds is 6. The van der Waals surface area contributed by atoms with Crippen LogP contribution >= 0.6 is 0 Å². The van der Waals surface area contributed by atoms with Gasteiger partial charge in [-0.15, -0.1) is 0 Å². The van der Waals surface area contributed by atoms with E-state index >= 15 is 0 Å². The van der Waals surface area contributed by atoms with Gasteiger partial charge in [0.2, 0.25) is 0 Å². The molecule has 0 radical (unpaired) electrons. The predicted octanol–water partition coefficient (Wildman–Crippen LogP) is 2.65. The molecule has 0 aliphatic rings. The maximum atomic E-state index is 12.3. The van der Waals surface area contributed by atoms with Crippen molar-refractivity contribution in [3.8, 4) is 5.75 Å². The molecule has 1 N–H and O–H groups in total. The second-order valence-electron chi connectivity index (χ2n) is 5.75. The van der Waals surface area contributed by atoms with Crippen molar-refractivity contribution in [3.05, 3.63) is 24.3 Å². The molecule has 1 atom stereocenters. The quantitative estimate of drug-likeness (QED) is 0.373. The first-order chi connectivity index (χ1) is 9.59. The molecule has 0 aliphatic heterocycles. The molecule has 0 saturated carbocycles. The molecule has 7 heteroatoms. The third-order valence-corrected chi connectivity index (χ3v) is 4.64. The van der Waals surface area contributed by atoms with Gasteiger partial charge in [-0.2, -0.15) is 8.42 Å². The summed E-state index contributed by atoms with van der Waals surface area (Å²) in [6, 6.07) is 5.26. The van der Waals surface area contributed by atoms with Gasteiger partial charge in [-0.25, -0.2) is 0 Å². The van der Waals surface area contributed by atoms with Gasteiger partial charge in [0.1, 0.15) is 5.75 Å². The summed E-state index contributed by atoms with van der Waals surface area (Å²) in [5, 5.41) is 0. The minimum atomic E-state index is -4.31. The van der Waals surface area contributed by atoms with Crippen LogP contribution in [0.2, 0.25) is 0 Å². The first-order valence-electron chi connectivity index (χ1n) is 6.89. The summed E-state index contributed by atoms with van der Waals surface area (Å²) >= 11 is 0. The van der Waals surface area contributed by atoms with Gasteiger partial charge in [0.05, 0.1) is 10.3 Å². The summed E-state index contributed by atoms with van der Waals surface area (Å²) in [7, 11) is -4.31. The Kier molecular flexibility index (Phi) is 8.30. The Hall–Kier alpha value is -0.400. The Balaban J connectivity index is 0.00000441. The standard InChI is InChI=1S/C15H22O5S.Na.H/c1-5-7-11(2)15(3,4)14(16)20-12-8-6-9-13(10-12)21(17,18)19;;/h6,8-11H,5,7H2,1-4H3,(H,17,18,19);;. The molecule has 1 aromatic carbocycles. The van der Waals surface area contributed by atoms with Crippen molar-refractivity contribution in [2.75, 3.05) is 0 Å². The van der Waals surface area contributed by atoms with Gasteiger partial charge in [0, 0.05) is 6.07 Å². The van der Waals surface area contributed by atoms with Gasteiger partial charge in [-0.1, -0.05) is 26.3 Å². The van der Waals surface area contributed by atoms with Gasteiger partial charge in [0.25, 0.3) is 10.1 Å². The van der Waals surface area contributed by atoms with Crippen molar-refractivity contribution in [1.29, 1.82) is 0 Å². The predicted molar refractivity (Wildman–Crippen MR) is 86.9 cm³/mol. The van der Waals surface area contributed by atoms with Crippen molar-refractivity contribution < 1.29 is 22.5 Å². The number of carbonyl (C=O) groups is 1. The summed E-state index contributed by atoms with van der Waals surface area (Å²) in [4.78, 5) is 12.0. The van der Waals surface area contributed by atoms with E-state index in [4.69, 9.17) is 9.29 Å². The fraction of sp³-hybridized carbons (Fsp3) is 0.533. The Morgan fingerprint density at radius 2 is 1.95 bits per heavy atom. The van der Waals surface area contributed by atoms with Crippen molar-refractivity contribution in [2.24, 2.45) is 11.3 Å². The van der Waals surface area contributed by atoms with E-state index in [-0.39, 0.29) is 46.1 Å². The molecule has 0 saturated heterocycles. The maximum absolute atomic E-state index is 12.3. The first kappa shape index (κ1) is 21.6. The Morgan fingerprint density at radius 1 is 1.36 bits per heavy atom. The average molecular weight is 338 g/mol. The number of ether oxygens (including phenoxy) is 1. The zero-order chi connectivity index (χ0) is 16.3. The molecule has 0 amide bonds. The molecule has 120 valence electrons. The summed E-state index contributed by atoms with van der Waals surface area (Å²) in [5.74, 6) is -0.178. The van der Waals surface area contributed by atoms with Crippen LogP contribution in [-0.2, 0) is 14.9 Å². The summed E-state index contributed by atoms with van der Waals surface area (Å²) in [6.45, 7) is 7.65. The zero-order valence-electron chi connectivity index (χ0n) is 12.8. The molecule has 1 aromatic rings. The van der Waals surface area contributed by atoms with Crippen LogP contribution in [-0.4, -0.2) is 48.5 Å². The number of esters is 1. The monoisotopic (exact) mass is 338 g/mol. The van der Waals surface area contributed by atoms with Crippen LogP contribution in [0.1, 0.15) is 40.5 Å². The molecule has 0 spiro atoms. The van der Waals surface area contributed by atoms with Gasteiger partial charge in [0.15, 0.2) is 0 Å². The molecular weight excluding hydrogens is 315 g/mol. The molecule has 1 rings (SSSR count). The van der Waals surface area contributed by atoms with E-state index in [9.17, 15) is 13.2 Å². The van der Waals surface area contributed by atoms with Crippen LogP contribution < -0.4 is 4.74 Å². The number of hydrogen-bond acceptors (Lipinski definition) is 4. The topological polar surface area (TPSA) is 80.7 Å². The van der Waals surface area contributed by atoms with Crippen LogP contribution in [0.15, 0.2) is 29.2 Å². The van der Waals surface area contributed by atoms with Gasteiger partial charge >= 0.3 is 35.5 Å². The van der Waals surface area contributed by atoms with Crippen molar-refractivity contribution >= 4 is 45.6 Å². The average Bonchev–Trinajstić information content (AvgIpc) is 2.38. The first-order valence-corrected chi connectivity index (χ1v) is 8.33. The fourth-order valence-electron chi connectivity index (χ4n) is 1.93. The number of benzene rings is 1. The second-order valence-corrected chi connectivity index (χ2v) is 7.17. The number of carbonyl (C=O) groups excluding carboxylic acids is 1. The van der Waals surface area contributed by atoms with E-state index < -0.39 is 21.5 Å². The number of hydrogen-bond donors (Lipinski definition) is 1. The third kappa shape index (κ3) is 5.66. The normalized spacial score (nSPS) is 13.1. The van der Waals surface area contributed by atoms with E-state index in [1.165, 1.54) is 18.2 Å². The van der Waals surface area contributed by atoms with Crippen LogP contribution in [0, 0.1) is 11.3 Å². The molecule has 0 heterocycles. The fourth-order valence-corrected chi connectivity index (χ4v) is 2.45. The van der Waals surface area contributed by atoms with Crippen LogP contribution in [0.5, 0.6) is 5.75 Å². The second kappa shape index (κ2) is 8.45. The molecule has 5 nitrogen and oxygen atoms in total.